The van der Waals surface area contributed by atoms with Crippen molar-refractivity contribution in [2.24, 2.45) is 10.9 Å². The summed E-state index contributed by atoms with van der Waals surface area (Å²) in [6.45, 7) is 4.47. The van der Waals surface area contributed by atoms with Gasteiger partial charge in [-0.25, -0.2) is 4.98 Å². The molecule has 0 spiro atoms. The third kappa shape index (κ3) is 2.56. The van der Waals surface area contributed by atoms with E-state index in [0.717, 1.165) is 21.3 Å². The van der Waals surface area contributed by atoms with Crippen LogP contribution in [0.5, 0.6) is 0 Å². The van der Waals surface area contributed by atoms with Gasteiger partial charge in [0.1, 0.15) is 10.1 Å². The third-order valence-corrected chi connectivity index (χ3v) is 5.75. The molecule has 0 saturated carbocycles. The molecule has 3 rings (SSSR count). The normalized spacial score (nSPS) is 18.9. The molecule has 1 aromatic carbocycles. The highest BCUT2D eigenvalue weighted by Gasteiger charge is 2.24. The van der Waals surface area contributed by atoms with Crippen LogP contribution in [0.1, 0.15) is 18.9 Å². The Morgan fingerprint density at radius 2 is 2.10 bits per heavy atom. The van der Waals surface area contributed by atoms with Gasteiger partial charge < -0.3 is 4.90 Å². The maximum atomic E-state index is 4.83. The predicted octanol–water partition coefficient (Wildman–Crippen LogP) is 3.88. The van der Waals surface area contributed by atoms with Crippen LogP contribution >= 0.6 is 23.1 Å². The van der Waals surface area contributed by atoms with Gasteiger partial charge in [-0.15, -0.1) is 23.1 Å². The van der Waals surface area contributed by atoms with Gasteiger partial charge in [0.2, 0.25) is 0 Å². The predicted molar refractivity (Wildman–Crippen MR) is 91.6 cm³/mol. The first-order chi connectivity index (χ1) is 9.54. The van der Waals surface area contributed by atoms with Crippen molar-refractivity contribution in [2.75, 3.05) is 24.7 Å². The second-order valence-corrected chi connectivity index (χ2v) is 7.66. The molecule has 20 heavy (non-hydrogen) atoms. The fraction of sp³-hybridized carbons (Fsp3) is 0.467. The maximum Gasteiger partial charge on any atom is 0.149 e. The van der Waals surface area contributed by atoms with Crippen molar-refractivity contribution < 1.29 is 0 Å². The number of nitrogens with zero attached hydrogens (tertiary/aromatic N) is 3. The molecule has 1 aliphatic rings. The Balaban J connectivity index is 1.95. The van der Waals surface area contributed by atoms with Gasteiger partial charge in [-0.2, -0.15) is 0 Å². The van der Waals surface area contributed by atoms with Gasteiger partial charge in [-0.05, 0) is 24.1 Å². The van der Waals surface area contributed by atoms with E-state index in [1.54, 1.807) is 11.3 Å². The standard InChI is InChI=1S/C15H19N3S2/c1-9(2)12-8-19-14(17-12)15-16-11-6-5-10(18(3)4)7-13(11)20-15/h5-7,9,12H,8H2,1-4H3. The van der Waals surface area contributed by atoms with Crippen LogP contribution in [-0.2, 0) is 0 Å². The van der Waals surface area contributed by atoms with Crippen molar-refractivity contribution in [1.29, 1.82) is 0 Å². The summed E-state index contributed by atoms with van der Waals surface area (Å²) >= 11 is 3.60. The summed E-state index contributed by atoms with van der Waals surface area (Å²) in [7, 11) is 4.13. The second kappa shape index (κ2) is 5.37. The lowest BCUT2D eigenvalue weighted by Gasteiger charge is -2.11. The second-order valence-electron chi connectivity index (χ2n) is 5.62. The fourth-order valence-corrected chi connectivity index (χ4v) is 4.49. The van der Waals surface area contributed by atoms with E-state index in [2.05, 4.69) is 51.0 Å². The first-order valence-corrected chi connectivity index (χ1v) is 8.63. The lowest BCUT2D eigenvalue weighted by Crippen LogP contribution is -2.11. The number of rotatable bonds is 3. The van der Waals surface area contributed by atoms with E-state index < -0.39 is 0 Å². The molecule has 1 unspecified atom stereocenters. The van der Waals surface area contributed by atoms with Crippen molar-refractivity contribution in [3.05, 3.63) is 23.2 Å². The Kier molecular flexibility index (Phi) is 3.73. The van der Waals surface area contributed by atoms with Crippen LogP contribution in [0.3, 0.4) is 0 Å². The molecule has 2 heterocycles. The summed E-state index contributed by atoms with van der Waals surface area (Å²) in [6, 6.07) is 6.87. The molecule has 0 saturated heterocycles. The number of hydrogen-bond donors (Lipinski definition) is 0. The zero-order chi connectivity index (χ0) is 14.3. The minimum absolute atomic E-state index is 0.444. The molecule has 0 fully saturated rings. The molecular formula is C15H19N3S2. The van der Waals surface area contributed by atoms with E-state index in [1.165, 1.54) is 10.4 Å². The number of thioether (sulfide) groups is 1. The molecule has 5 heteroatoms. The van der Waals surface area contributed by atoms with Crippen LogP contribution < -0.4 is 4.90 Å². The van der Waals surface area contributed by atoms with Gasteiger partial charge in [-0.1, -0.05) is 13.8 Å². The molecule has 1 atom stereocenters. The van der Waals surface area contributed by atoms with E-state index in [9.17, 15) is 0 Å². The summed E-state index contributed by atoms with van der Waals surface area (Å²) in [5, 5.41) is 2.19. The van der Waals surface area contributed by atoms with Gasteiger partial charge in [0.25, 0.3) is 0 Å². The lowest BCUT2D eigenvalue weighted by molar-refractivity contribution is 0.544. The van der Waals surface area contributed by atoms with E-state index in [1.807, 2.05) is 11.8 Å². The number of fused-ring (bicyclic) bond motifs is 1. The fourth-order valence-electron chi connectivity index (χ4n) is 2.13. The number of aliphatic imine (C=N–C) groups is 1. The molecule has 0 amide bonds. The highest BCUT2D eigenvalue weighted by molar-refractivity contribution is 8.15. The quantitative estimate of drug-likeness (QED) is 0.861. The lowest BCUT2D eigenvalue weighted by atomic mass is 10.1. The number of benzene rings is 1. The van der Waals surface area contributed by atoms with Crippen molar-refractivity contribution in [3.63, 3.8) is 0 Å². The van der Waals surface area contributed by atoms with E-state index >= 15 is 0 Å². The van der Waals surface area contributed by atoms with Crippen molar-refractivity contribution in [1.82, 2.24) is 4.98 Å². The van der Waals surface area contributed by atoms with Gasteiger partial charge in [0.15, 0.2) is 0 Å². The minimum atomic E-state index is 0.444. The van der Waals surface area contributed by atoms with Crippen LogP contribution in [-0.4, -0.2) is 35.9 Å². The third-order valence-electron chi connectivity index (χ3n) is 3.51. The van der Waals surface area contributed by atoms with E-state index in [0.29, 0.717) is 12.0 Å². The van der Waals surface area contributed by atoms with Crippen LogP contribution in [0, 0.1) is 5.92 Å². The summed E-state index contributed by atoms with van der Waals surface area (Å²) in [4.78, 5) is 11.7. The van der Waals surface area contributed by atoms with Crippen molar-refractivity contribution >= 4 is 44.0 Å². The largest absolute Gasteiger partial charge is 0.378 e. The van der Waals surface area contributed by atoms with Crippen molar-refractivity contribution in [3.8, 4) is 0 Å². The number of aromatic nitrogens is 1. The summed E-state index contributed by atoms with van der Waals surface area (Å²) in [5.74, 6) is 1.70. The van der Waals surface area contributed by atoms with Crippen LogP contribution in [0.15, 0.2) is 23.2 Å². The molecule has 106 valence electrons. The highest BCUT2D eigenvalue weighted by Crippen LogP contribution is 2.32. The van der Waals surface area contributed by atoms with Gasteiger partial charge >= 0.3 is 0 Å². The first kappa shape index (κ1) is 13.9. The van der Waals surface area contributed by atoms with E-state index in [-0.39, 0.29) is 0 Å². The molecule has 0 bridgehead atoms. The topological polar surface area (TPSA) is 28.5 Å². The van der Waals surface area contributed by atoms with Gasteiger partial charge in [-0.3, -0.25) is 4.99 Å². The molecule has 2 aromatic rings. The van der Waals surface area contributed by atoms with Gasteiger partial charge in [0.05, 0.1) is 16.3 Å². The molecule has 0 aliphatic carbocycles. The molecule has 0 N–H and O–H groups in total. The number of hydrogen-bond acceptors (Lipinski definition) is 5. The van der Waals surface area contributed by atoms with Crippen LogP contribution in [0.4, 0.5) is 5.69 Å². The molecule has 1 aliphatic heterocycles. The Morgan fingerprint density at radius 1 is 1.30 bits per heavy atom. The molecule has 1 aromatic heterocycles. The maximum absolute atomic E-state index is 4.83. The minimum Gasteiger partial charge on any atom is -0.378 e. The zero-order valence-corrected chi connectivity index (χ0v) is 13.9. The molecule has 0 radical (unpaired) electrons. The first-order valence-electron chi connectivity index (χ1n) is 6.83. The summed E-state index contributed by atoms with van der Waals surface area (Å²) in [5.41, 5.74) is 2.29. The van der Waals surface area contributed by atoms with E-state index in [4.69, 9.17) is 9.98 Å². The Labute approximate surface area is 128 Å². The average Bonchev–Trinajstić information content (AvgIpc) is 3.04. The average molecular weight is 305 g/mol. The molecule has 3 nitrogen and oxygen atoms in total. The number of thiazole rings is 1. The number of anilines is 1. The summed E-state index contributed by atoms with van der Waals surface area (Å²) < 4.78 is 1.24. The van der Waals surface area contributed by atoms with Gasteiger partial charge in [0, 0.05) is 25.5 Å². The Hall–Kier alpha value is -1.07. The SMILES string of the molecule is CC(C)C1CSC(c2nc3ccc(N(C)C)cc3s2)=N1. The zero-order valence-electron chi connectivity index (χ0n) is 12.3. The smallest absolute Gasteiger partial charge is 0.149 e. The van der Waals surface area contributed by atoms with Crippen LogP contribution in [0.2, 0.25) is 0 Å². The Bertz CT molecular complexity index is 658. The monoisotopic (exact) mass is 305 g/mol. The van der Waals surface area contributed by atoms with Crippen molar-refractivity contribution in [2.45, 2.75) is 19.9 Å². The highest BCUT2D eigenvalue weighted by atomic mass is 32.2. The summed E-state index contributed by atoms with van der Waals surface area (Å²) in [6.07, 6.45) is 0. The molecular weight excluding hydrogens is 286 g/mol. The Morgan fingerprint density at radius 3 is 2.75 bits per heavy atom. The van der Waals surface area contributed by atoms with Crippen LogP contribution in [0.25, 0.3) is 10.2 Å².